The first-order chi connectivity index (χ1) is 9.54. The number of hydrogen-bond donors (Lipinski definition) is 1. The molecule has 0 aliphatic rings. The van der Waals surface area contributed by atoms with Crippen LogP contribution >= 0.6 is 0 Å². The van der Waals surface area contributed by atoms with Crippen molar-refractivity contribution < 1.29 is 9.90 Å². The Kier molecular flexibility index (Phi) is 4.40. The first-order valence-electron chi connectivity index (χ1n) is 6.98. The van der Waals surface area contributed by atoms with Crippen LogP contribution in [-0.4, -0.2) is 29.1 Å². The van der Waals surface area contributed by atoms with Gasteiger partial charge in [0, 0.05) is 6.04 Å². The average Bonchev–Trinajstić information content (AvgIpc) is 2.46. The summed E-state index contributed by atoms with van der Waals surface area (Å²) < 4.78 is 0. The number of aliphatic carboxylic acids is 1. The molecule has 2 unspecified atom stereocenters. The van der Waals surface area contributed by atoms with E-state index in [-0.39, 0.29) is 6.04 Å². The first kappa shape index (κ1) is 14.5. The van der Waals surface area contributed by atoms with Gasteiger partial charge in [-0.05, 0) is 42.8 Å². The average molecular weight is 271 g/mol. The summed E-state index contributed by atoms with van der Waals surface area (Å²) in [5, 5.41) is 11.7. The number of rotatable bonds is 5. The van der Waals surface area contributed by atoms with Crippen molar-refractivity contribution in [2.45, 2.75) is 32.4 Å². The normalized spacial score (nSPS) is 14.4. The van der Waals surface area contributed by atoms with Crippen LogP contribution in [0.4, 0.5) is 0 Å². The molecule has 0 aliphatic carbocycles. The monoisotopic (exact) mass is 271 g/mol. The molecule has 106 valence electrons. The molecule has 0 heterocycles. The zero-order valence-corrected chi connectivity index (χ0v) is 12.2. The van der Waals surface area contributed by atoms with Crippen LogP contribution in [-0.2, 0) is 4.79 Å². The molecule has 0 aromatic heterocycles. The second kappa shape index (κ2) is 6.06. The Morgan fingerprint density at radius 1 is 1.20 bits per heavy atom. The van der Waals surface area contributed by atoms with Gasteiger partial charge in [0.25, 0.3) is 0 Å². The SMILES string of the molecule is CCC(C(=O)O)N(C)C(C)c1ccc2ccccc2c1. The van der Waals surface area contributed by atoms with Crippen molar-refractivity contribution in [1.82, 2.24) is 4.90 Å². The predicted molar refractivity (Wildman–Crippen MR) is 81.8 cm³/mol. The van der Waals surface area contributed by atoms with E-state index in [0.29, 0.717) is 6.42 Å². The number of likely N-dealkylation sites (N-methyl/N-ethyl adjacent to an activating group) is 1. The van der Waals surface area contributed by atoms with Crippen LogP contribution in [0.5, 0.6) is 0 Å². The van der Waals surface area contributed by atoms with Crippen LogP contribution in [0.15, 0.2) is 42.5 Å². The number of carbonyl (C=O) groups is 1. The number of nitrogens with zero attached hydrogens (tertiary/aromatic N) is 1. The lowest BCUT2D eigenvalue weighted by atomic mass is 10.0. The van der Waals surface area contributed by atoms with Crippen molar-refractivity contribution in [1.29, 1.82) is 0 Å². The first-order valence-corrected chi connectivity index (χ1v) is 6.98. The smallest absolute Gasteiger partial charge is 0.320 e. The lowest BCUT2D eigenvalue weighted by molar-refractivity contribution is -0.143. The van der Waals surface area contributed by atoms with Gasteiger partial charge in [-0.1, -0.05) is 43.3 Å². The molecule has 2 rings (SSSR count). The molecule has 1 N–H and O–H groups in total. The molecular weight excluding hydrogens is 250 g/mol. The van der Waals surface area contributed by atoms with Crippen molar-refractivity contribution >= 4 is 16.7 Å². The Labute approximate surface area is 119 Å². The Bertz CT molecular complexity index is 609. The van der Waals surface area contributed by atoms with Gasteiger partial charge in [0.2, 0.25) is 0 Å². The highest BCUT2D eigenvalue weighted by Gasteiger charge is 2.25. The van der Waals surface area contributed by atoms with Crippen LogP contribution in [0.1, 0.15) is 31.9 Å². The highest BCUT2D eigenvalue weighted by Crippen LogP contribution is 2.25. The Morgan fingerprint density at radius 2 is 1.85 bits per heavy atom. The molecule has 0 bridgehead atoms. The van der Waals surface area contributed by atoms with E-state index in [0.717, 1.165) is 5.56 Å². The molecular formula is C17H21NO2. The van der Waals surface area contributed by atoms with Crippen LogP contribution in [0, 0.1) is 0 Å². The highest BCUT2D eigenvalue weighted by molar-refractivity contribution is 5.83. The highest BCUT2D eigenvalue weighted by atomic mass is 16.4. The molecule has 2 aromatic carbocycles. The lowest BCUT2D eigenvalue weighted by Gasteiger charge is -2.30. The summed E-state index contributed by atoms with van der Waals surface area (Å²) in [5.74, 6) is -0.761. The van der Waals surface area contributed by atoms with Gasteiger partial charge in [0.05, 0.1) is 0 Å². The van der Waals surface area contributed by atoms with Gasteiger partial charge < -0.3 is 5.11 Å². The standard InChI is InChI=1S/C17H21NO2/c1-4-16(17(19)20)18(3)12(2)14-10-9-13-7-5-6-8-15(13)11-14/h5-12,16H,4H2,1-3H3,(H,19,20). The maximum Gasteiger partial charge on any atom is 0.320 e. The van der Waals surface area contributed by atoms with Crippen molar-refractivity contribution in [3.63, 3.8) is 0 Å². The second-order valence-corrected chi connectivity index (χ2v) is 5.21. The fourth-order valence-electron chi connectivity index (χ4n) is 2.61. The fourth-order valence-corrected chi connectivity index (χ4v) is 2.61. The lowest BCUT2D eigenvalue weighted by Crippen LogP contribution is -2.39. The molecule has 2 aromatic rings. The van der Waals surface area contributed by atoms with E-state index in [2.05, 4.69) is 37.3 Å². The maximum atomic E-state index is 11.3. The molecule has 20 heavy (non-hydrogen) atoms. The van der Waals surface area contributed by atoms with Crippen LogP contribution in [0.25, 0.3) is 10.8 Å². The number of fused-ring (bicyclic) bond motifs is 1. The third-order valence-electron chi connectivity index (χ3n) is 4.03. The van der Waals surface area contributed by atoms with Gasteiger partial charge >= 0.3 is 5.97 Å². The minimum atomic E-state index is -0.761. The predicted octanol–water partition coefficient (Wildman–Crippen LogP) is 3.70. The van der Waals surface area contributed by atoms with Gasteiger partial charge in [-0.15, -0.1) is 0 Å². The number of hydrogen-bond acceptors (Lipinski definition) is 2. The Hall–Kier alpha value is -1.87. The number of benzene rings is 2. The summed E-state index contributed by atoms with van der Waals surface area (Å²) in [6, 6.07) is 14.2. The van der Waals surface area contributed by atoms with Crippen molar-refractivity contribution in [3.05, 3.63) is 48.0 Å². The number of carboxylic acids is 1. The zero-order valence-electron chi connectivity index (χ0n) is 12.2. The summed E-state index contributed by atoms with van der Waals surface area (Å²) in [6.07, 6.45) is 0.601. The number of carboxylic acid groups (broad SMARTS) is 1. The van der Waals surface area contributed by atoms with E-state index < -0.39 is 12.0 Å². The molecule has 2 atom stereocenters. The molecule has 0 spiro atoms. The van der Waals surface area contributed by atoms with Gasteiger partial charge in [0.15, 0.2) is 0 Å². The molecule has 0 fully saturated rings. The second-order valence-electron chi connectivity index (χ2n) is 5.21. The van der Waals surface area contributed by atoms with Crippen molar-refractivity contribution in [2.75, 3.05) is 7.05 Å². The van der Waals surface area contributed by atoms with Crippen LogP contribution in [0.3, 0.4) is 0 Å². The quantitative estimate of drug-likeness (QED) is 0.901. The van der Waals surface area contributed by atoms with E-state index in [1.807, 2.05) is 31.0 Å². The van der Waals surface area contributed by atoms with Gasteiger partial charge in [-0.3, -0.25) is 9.69 Å². The Balaban J connectivity index is 2.30. The molecule has 3 nitrogen and oxygen atoms in total. The minimum Gasteiger partial charge on any atom is -0.480 e. The van der Waals surface area contributed by atoms with Gasteiger partial charge in [-0.2, -0.15) is 0 Å². The van der Waals surface area contributed by atoms with Crippen molar-refractivity contribution in [3.8, 4) is 0 Å². The van der Waals surface area contributed by atoms with E-state index >= 15 is 0 Å². The summed E-state index contributed by atoms with van der Waals surface area (Å²) in [7, 11) is 1.88. The van der Waals surface area contributed by atoms with E-state index in [1.54, 1.807) is 0 Å². The molecule has 0 saturated carbocycles. The summed E-state index contributed by atoms with van der Waals surface area (Å²) >= 11 is 0. The third-order valence-corrected chi connectivity index (χ3v) is 4.03. The van der Waals surface area contributed by atoms with E-state index in [1.165, 1.54) is 10.8 Å². The molecule has 0 radical (unpaired) electrons. The van der Waals surface area contributed by atoms with Gasteiger partial charge in [-0.25, -0.2) is 0 Å². The van der Waals surface area contributed by atoms with E-state index in [4.69, 9.17) is 0 Å². The minimum absolute atomic E-state index is 0.0701. The van der Waals surface area contributed by atoms with Crippen LogP contribution < -0.4 is 0 Å². The molecule has 0 saturated heterocycles. The summed E-state index contributed by atoms with van der Waals surface area (Å²) in [4.78, 5) is 13.2. The summed E-state index contributed by atoms with van der Waals surface area (Å²) in [6.45, 7) is 3.96. The maximum absolute atomic E-state index is 11.3. The van der Waals surface area contributed by atoms with E-state index in [9.17, 15) is 9.90 Å². The van der Waals surface area contributed by atoms with Gasteiger partial charge in [0.1, 0.15) is 6.04 Å². The van der Waals surface area contributed by atoms with Crippen molar-refractivity contribution in [2.24, 2.45) is 0 Å². The topological polar surface area (TPSA) is 40.5 Å². The summed E-state index contributed by atoms with van der Waals surface area (Å²) in [5.41, 5.74) is 1.14. The Morgan fingerprint density at radius 3 is 2.45 bits per heavy atom. The third kappa shape index (κ3) is 2.83. The molecule has 0 aliphatic heterocycles. The zero-order chi connectivity index (χ0) is 14.7. The fraction of sp³-hybridized carbons (Fsp3) is 0.353. The molecule has 0 amide bonds. The molecule has 3 heteroatoms. The largest absolute Gasteiger partial charge is 0.480 e. The van der Waals surface area contributed by atoms with Crippen LogP contribution in [0.2, 0.25) is 0 Å².